The molecule has 1 rings (SSSR count). The fraction of sp³-hybridized carbons (Fsp3) is 0.667. The van der Waals surface area contributed by atoms with E-state index in [1.807, 2.05) is 27.7 Å². The highest BCUT2D eigenvalue weighted by Gasteiger charge is 2.20. The molecule has 1 aromatic rings. The van der Waals surface area contributed by atoms with E-state index < -0.39 is 0 Å². The van der Waals surface area contributed by atoms with Crippen molar-refractivity contribution in [2.24, 2.45) is 0 Å². The largest absolute Gasteiger partial charge is 0.243 e. The Morgan fingerprint density at radius 1 is 1.42 bits per heavy atom. The highest BCUT2D eigenvalue weighted by molar-refractivity contribution is 7.10. The minimum atomic E-state index is -0.123. The lowest BCUT2D eigenvalue weighted by molar-refractivity contribution is 0.581. The predicted octanol–water partition coefficient (Wildman–Crippen LogP) is 3.14. The molecule has 12 heavy (non-hydrogen) atoms. The molecule has 0 saturated carbocycles. The van der Waals surface area contributed by atoms with Gasteiger partial charge in [-0.2, -0.15) is 4.39 Å². The van der Waals surface area contributed by atoms with E-state index in [1.54, 1.807) is 0 Å². The Bertz CT molecular complexity index is 273. The van der Waals surface area contributed by atoms with Crippen LogP contribution >= 0.6 is 11.3 Å². The van der Waals surface area contributed by atoms with Gasteiger partial charge in [0.2, 0.25) is 0 Å². The fourth-order valence-electron chi connectivity index (χ4n) is 0.872. The van der Waals surface area contributed by atoms with E-state index >= 15 is 0 Å². The summed E-state index contributed by atoms with van der Waals surface area (Å²) in [6.07, 6.45) is 0.679. The van der Waals surface area contributed by atoms with Gasteiger partial charge in [0.1, 0.15) is 5.01 Å². The summed E-state index contributed by atoms with van der Waals surface area (Å²) < 4.78 is 13.1. The van der Waals surface area contributed by atoms with Crippen LogP contribution in [0, 0.1) is 5.13 Å². The van der Waals surface area contributed by atoms with Crippen LogP contribution in [0.15, 0.2) is 0 Å². The Morgan fingerprint density at radius 2 is 2.00 bits per heavy atom. The number of rotatable bonds is 1. The van der Waals surface area contributed by atoms with Gasteiger partial charge in [-0.05, 0) is 6.42 Å². The van der Waals surface area contributed by atoms with Gasteiger partial charge in [-0.25, -0.2) is 4.98 Å². The molecule has 68 valence electrons. The molecule has 3 heteroatoms. The van der Waals surface area contributed by atoms with Crippen molar-refractivity contribution in [2.75, 3.05) is 0 Å². The van der Waals surface area contributed by atoms with Crippen molar-refractivity contribution in [3.8, 4) is 0 Å². The highest BCUT2D eigenvalue weighted by Crippen LogP contribution is 2.28. The van der Waals surface area contributed by atoms with Gasteiger partial charge in [0.05, 0.1) is 5.69 Å². The summed E-state index contributed by atoms with van der Waals surface area (Å²) >= 11 is 1.17. The SMILES string of the molecule is CCc1nc(C(C)(C)C)sc1F. The minimum Gasteiger partial charge on any atom is -0.243 e. The summed E-state index contributed by atoms with van der Waals surface area (Å²) in [6, 6.07) is 0. The molecule has 0 N–H and O–H groups in total. The molecule has 1 nitrogen and oxygen atoms in total. The molecule has 0 aromatic carbocycles. The molecule has 0 aliphatic carbocycles. The van der Waals surface area contributed by atoms with Gasteiger partial charge in [0.25, 0.3) is 0 Å². The molecule has 0 aliphatic heterocycles. The predicted molar refractivity (Wildman–Crippen MR) is 50.2 cm³/mol. The van der Waals surface area contributed by atoms with Crippen LogP contribution in [0.2, 0.25) is 0 Å². The molecule has 0 unspecified atom stereocenters. The zero-order chi connectivity index (χ0) is 9.35. The van der Waals surface area contributed by atoms with Gasteiger partial charge in [-0.1, -0.05) is 39.0 Å². The van der Waals surface area contributed by atoms with E-state index in [9.17, 15) is 4.39 Å². The van der Waals surface area contributed by atoms with Crippen molar-refractivity contribution >= 4 is 11.3 Å². The summed E-state index contributed by atoms with van der Waals surface area (Å²) in [5.41, 5.74) is 0.573. The topological polar surface area (TPSA) is 12.9 Å². The highest BCUT2D eigenvalue weighted by atomic mass is 32.1. The lowest BCUT2D eigenvalue weighted by Crippen LogP contribution is -2.10. The van der Waals surface area contributed by atoms with Crippen LogP contribution in [0.4, 0.5) is 4.39 Å². The second-order valence-electron chi connectivity index (χ2n) is 3.84. The summed E-state index contributed by atoms with van der Waals surface area (Å²) in [4.78, 5) is 4.24. The van der Waals surface area contributed by atoms with Crippen molar-refractivity contribution in [3.05, 3.63) is 15.8 Å². The summed E-state index contributed by atoms with van der Waals surface area (Å²) in [5, 5.41) is 0.763. The fourth-order valence-corrected chi connectivity index (χ4v) is 1.81. The number of halogens is 1. The van der Waals surface area contributed by atoms with E-state index in [-0.39, 0.29) is 10.5 Å². The standard InChI is InChI=1S/C9H14FNS/c1-5-6-7(10)12-8(11-6)9(2,3)4/h5H2,1-4H3. The van der Waals surface area contributed by atoms with Crippen LogP contribution in [-0.4, -0.2) is 4.98 Å². The van der Waals surface area contributed by atoms with E-state index in [2.05, 4.69) is 4.98 Å². The second-order valence-corrected chi connectivity index (χ2v) is 4.79. The molecule has 0 aliphatic rings. The van der Waals surface area contributed by atoms with Gasteiger partial charge in [-0.15, -0.1) is 0 Å². The van der Waals surface area contributed by atoms with Crippen molar-refractivity contribution in [1.82, 2.24) is 4.98 Å². The smallest absolute Gasteiger partial charge is 0.199 e. The number of hydrogen-bond donors (Lipinski definition) is 0. The Kier molecular flexibility index (Phi) is 2.52. The van der Waals surface area contributed by atoms with Gasteiger partial charge in [-0.3, -0.25) is 0 Å². The Hall–Kier alpha value is -0.440. The first-order valence-corrected chi connectivity index (χ1v) is 4.92. The summed E-state index contributed by atoms with van der Waals surface area (Å²) in [5.74, 6) is 0. The monoisotopic (exact) mass is 187 g/mol. The third-order valence-corrected chi connectivity index (χ3v) is 2.94. The lowest BCUT2D eigenvalue weighted by atomic mass is 9.98. The van der Waals surface area contributed by atoms with Crippen molar-refractivity contribution in [3.63, 3.8) is 0 Å². The van der Waals surface area contributed by atoms with Gasteiger partial charge in [0, 0.05) is 5.41 Å². The van der Waals surface area contributed by atoms with Crippen LogP contribution < -0.4 is 0 Å². The van der Waals surface area contributed by atoms with E-state index in [4.69, 9.17) is 0 Å². The molecule has 1 heterocycles. The van der Waals surface area contributed by atoms with E-state index in [0.29, 0.717) is 12.1 Å². The number of hydrogen-bond acceptors (Lipinski definition) is 2. The Morgan fingerprint density at radius 3 is 2.25 bits per heavy atom. The molecule has 0 spiro atoms. The molecule has 0 bridgehead atoms. The number of nitrogens with zero attached hydrogens (tertiary/aromatic N) is 1. The van der Waals surface area contributed by atoms with Crippen LogP contribution in [0.3, 0.4) is 0 Å². The quantitative estimate of drug-likeness (QED) is 0.658. The Balaban J connectivity index is 3.05. The third-order valence-electron chi connectivity index (χ3n) is 1.63. The number of aryl methyl sites for hydroxylation is 1. The van der Waals surface area contributed by atoms with Gasteiger partial charge in [0.15, 0.2) is 5.13 Å². The second kappa shape index (κ2) is 3.13. The molecule has 0 fully saturated rings. The first-order chi connectivity index (χ1) is 5.45. The first-order valence-electron chi connectivity index (χ1n) is 4.11. The molecular weight excluding hydrogens is 173 g/mol. The van der Waals surface area contributed by atoms with Crippen LogP contribution in [0.5, 0.6) is 0 Å². The average Bonchev–Trinajstić information content (AvgIpc) is 2.29. The maximum Gasteiger partial charge on any atom is 0.199 e. The summed E-state index contributed by atoms with van der Waals surface area (Å²) in [7, 11) is 0. The first kappa shape index (κ1) is 9.65. The molecule has 0 radical (unpaired) electrons. The normalized spacial score (nSPS) is 12.1. The zero-order valence-electron chi connectivity index (χ0n) is 7.94. The van der Waals surface area contributed by atoms with Crippen LogP contribution in [0.25, 0.3) is 0 Å². The Labute approximate surface area is 76.6 Å². The molecule has 0 amide bonds. The maximum absolute atomic E-state index is 13.1. The zero-order valence-corrected chi connectivity index (χ0v) is 8.76. The molecular formula is C9H14FNS. The van der Waals surface area contributed by atoms with E-state index in [0.717, 1.165) is 5.01 Å². The van der Waals surface area contributed by atoms with Gasteiger partial charge < -0.3 is 0 Å². The van der Waals surface area contributed by atoms with Crippen molar-refractivity contribution in [1.29, 1.82) is 0 Å². The van der Waals surface area contributed by atoms with Crippen LogP contribution in [-0.2, 0) is 11.8 Å². The minimum absolute atomic E-state index is 0.0288. The van der Waals surface area contributed by atoms with E-state index in [1.165, 1.54) is 11.3 Å². The number of aromatic nitrogens is 1. The lowest BCUT2D eigenvalue weighted by Gasteiger charge is -2.13. The molecule has 1 aromatic heterocycles. The van der Waals surface area contributed by atoms with Gasteiger partial charge >= 0.3 is 0 Å². The third kappa shape index (κ3) is 1.83. The average molecular weight is 187 g/mol. The van der Waals surface area contributed by atoms with Crippen molar-refractivity contribution < 1.29 is 4.39 Å². The number of thiazole rings is 1. The maximum atomic E-state index is 13.1. The molecule has 0 atom stereocenters. The summed E-state index contributed by atoms with van der Waals surface area (Å²) in [6.45, 7) is 8.06. The molecule has 0 saturated heterocycles. The van der Waals surface area contributed by atoms with Crippen molar-refractivity contribution in [2.45, 2.75) is 39.5 Å². The van der Waals surface area contributed by atoms with Crippen LogP contribution in [0.1, 0.15) is 38.4 Å².